The normalized spacial score (nSPS) is 18.3. The number of rotatable bonds is 6. The van der Waals surface area contributed by atoms with Gasteiger partial charge in [0.05, 0.1) is 6.10 Å². The number of anilines is 1. The average molecular weight is 263 g/mol. The molecule has 0 aromatic heterocycles. The number of nitrogens with one attached hydrogen (secondary N) is 1. The van der Waals surface area contributed by atoms with Crippen LogP contribution >= 0.6 is 0 Å². The number of hydrogen-bond acceptors (Lipinski definition) is 3. The highest BCUT2D eigenvalue weighted by Crippen LogP contribution is 2.18. The Labute approximate surface area is 114 Å². The van der Waals surface area contributed by atoms with E-state index in [4.69, 9.17) is 9.47 Å². The zero-order chi connectivity index (χ0) is 13.5. The molecule has 0 bridgehead atoms. The van der Waals surface area contributed by atoms with Crippen LogP contribution in [0.25, 0.3) is 0 Å². The molecule has 19 heavy (non-hydrogen) atoms. The van der Waals surface area contributed by atoms with Crippen molar-refractivity contribution < 1.29 is 14.3 Å². The van der Waals surface area contributed by atoms with E-state index in [1.165, 1.54) is 0 Å². The number of benzene rings is 1. The summed E-state index contributed by atoms with van der Waals surface area (Å²) in [4.78, 5) is 11.4. The molecular weight excluding hydrogens is 242 g/mol. The Morgan fingerprint density at radius 1 is 1.42 bits per heavy atom. The fourth-order valence-electron chi connectivity index (χ4n) is 2.05. The van der Waals surface area contributed by atoms with Gasteiger partial charge < -0.3 is 14.8 Å². The van der Waals surface area contributed by atoms with Crippen molar-refractivity contribution in [1.29, 1.82) is 0 Å². The van der Waals surface area contributed by atoms with Crippen molar-refractivity contribution in [2.24, 2.45) is 0 Å². The second kappa shape index (κ2) is 7.14. The lowest BCUT2D eigenvalue weighted by Gasteiger charge is -2.12. The number of ether oxygens (including phenoxy) is 2. The smallest absolute Gasteiger partial charge is 0.224 e. The minimum absolute atomic E-state index is 0.0514. The van der Waals surface area contributed by atoms with E-state index in [0.29, 0.717) is 13.0 Å². The Bertz CT molecular complexity index is 396. The first-order valence-corrected chi connectivity index (χ1v) is 6.92. The van der Waals surface area contributed by atoms with Crippen molar-refractivity contribution in [2.75, 3.05) is 18.5 Å². The Kier molecular flexibility index (Phi) is 5.21. The Hall–Kier alpha value is -1.55. The van der Waals surface area contributed by atoms with Crippen molar-refractivity contribution in [3.63, 3.8) is 0 Å². The molecule has 1 aromatic carbocycles. The molecule has 2 rings (SSSR count). The van der Waals surface area contributed by atoms with Crippen LogP contribution in [-0.2, 0) is 9.53 Å². The van der Waals surface area contributed by atoms with Gasteiger partial charge in [0.1, 0.15) is 12.4 Å². The van der Waals surface area contributed by atoms with E-state index in [9.17, 15) is 4.79 Å². The van der Waals surface area contributed by atoms with Gasteiger partial charge >= 0.3 is 0 Å². The first-order chi connectivity index (χ1) is 9.28. The number of carbonyl (C=O) groups is 1. The van der Waals surface area contributed by atoms with Gasteiger partial charge in [-0.25, -0.2) is 0 Å². The van der Waals surface area contributed by atoms with E-state index in [1.807, 2.05) is 31.2 Å². The van der Waals surface area contributed by atoms with Crippen LogP contribution in [0.15, 0.2) is 24.3 Å². The lowest BCUT2D eigenvalue weighted by Crippen LogP contribution is -2.16. The van der Waals surface area contributed by atoms with E-state index in [-0.39, 0.29) is 12.0 Å². The van der Waals surface area contributed by atoms with E-state index >= 15 is 0 Å². The molecule has 1 unspecified atom stereocenters. The van der Waals surface area contributed by atoms with E-state index in [0.717, 1.165) is 37.3 Å². The van der Waals surface area contributed by atoms with Gasteiger partial charge in [-0.15, -0.1) is 0 Å². The predicted molar refractivity (Wildman–Crippen MR) is 74.4 cm³/mol. The summed E-state index contributed by atoms with van der Waals surface area (Å²) in [7, 11) is 0. The summed E-state index contributed by atoms with van der Waals surface area (Å²) in [6, 6.07) is 7.46. The summed E-state index contributed by atoms with van der Waals surface area (Å²) < 4.78 is 11.2. The van der Waals surface area contributed by atoms with Crippen molar-refractivity contribution in [3.05, 3.63) is 24.3 Å². The molecule has 0 saturated carbocycles. The molecule has 1 heterocycles. The molecule has 1 amide bonds. The highest BCUT2D eigenvalue weighted by atomic mass is 16.5. The lowest BCUT2D eigenvalue weighted by atomic mass is 10.2. The average Bonchev–Trinajstić information content (AvgIpc) is 2.91. The quantitative estimate of drug-likeness (QED) is 0.858. The van der Waals surface area contributed by atoms with Gasteiger partial charge in [-0.1, -0.05) is 6.92 Å². The second-order valence-electron chi connectivity index (χ2n) is 4.77. The van der Waals surface area contributed by atoms with Gasteiger partial charge in [-0.2, -0.15) is 0 Å². The Morgan fingerprint density at radius 2 is 2.21 bits per heavy atom. The molecule has 1 saturated heterocycles. The maximum atomic E-state index is 11.4. The zero-order valence-electron chi connectivity index (χ0n) is 11.4. The van der Waals surface area contributed by atoms with Crippen LogP contribution in [0.1, 0.15) is 32.6 Å². The topological polar surface area (TPSA) is 47.6 Å². The minimum Gasteiger partial charge on any atom is -0.491 e. The highest BCUT2D eigenvalue weighted by Gasteiger charge is 2.15. The molecule has 1 aromatic rings. The Balaban J connectivity index is 1.78. The van der Waals surface area contributed by atoms with Crippen LogP contribution in [-0.4, -0.2) is 25.2 Å². The molecular formula is C15H21NO3. The second-order valence-corrected chi connectivity index (χ2v) is 4.77. The molecule has 1 aliphatic heterocycles. The standard InChI is InChI=1S/C15H21NO3/c1-2-4-15(17)16-12-6-8-13(9-7-12)19-11-14-5-3-10-18-14/h6-9,14H,2-5,10-11H2,1H3,(H,16,17). The highest BCUT2D eigenvalue weighted by molar-refractivity contribution is 5.90. The van der Waals surface area contributed by atoms with Gasteiger partial charge in [0.25, 0.3) is 0 Å². The summed E-state index contributed by atoms with van der Waals surface area (Å²) in [5, 5.41) is 2.85. The van der Waals surface area contributed by atoms with Crippen LogP contribution in [0, 0.1) is 0 Å². The van der Waals surface area contributed by atoms with Crippen LogP contribution < -0.4 is 10.1 Å². The van der Waals surface area contributed by atoms with Crippen molar-refractivity contribution in [1.82, 2.24) is 0 Å². The molecule has 0 spiro atoms. The monoisotopic (exact) mass is 263 g/mol. The van der Waals surface area contributed by atoms with E-state index < -0.39 is 0 Å². The molecule has 1 fully saturated rings. The third kappa shape index (κ3) is 4.56. The molecule has 104 valence electrons. The summed E-state index contributed by atoms with van der Waals surface area (Å²) in [6.45, 7) is 3.43. The minimum atomic E-state index is 0.0514. The third-order valence-electron chi connectivity index (χ3n) is 3.08. The summed E-state index contributed by atoms with van der Waals surface area (Å²) in [5.41, 5.74) is 0.808. The summed E-state index contributed by atoms with van der Waals surface area (Å²) in [5.74, 6) is 0.861. The molecule has 4 nitrogen and oxygen atoms in total. The van der Waals surface area contributed by atoms with Gasteiger partial charge in [0.15, 0.2) is 0 Å². The number of hydrogen-bond donors (Lipinski definition) is 1. The van der Waals surface area contributed by atoms with Crippen molar-refractivity contribution >= 4 is 11.6 Å². The molecule has 1 aliphatic rings. The van der Waals surface area contributed by atoms with Gasteiger partial charge in [0, 0.05) is 18.7 Å². The number of carbonyl (C=O) groups excluding carboxylic acids is 1. The lowest BCUT2D eigenvalue weighted by molar-refractivity contribution is -0.116. The maximum absolute atomic E-state index is 11.4. The van der Waals surface area contributed by atoms with E-state index in [1.54, 1.807) is 0 Å². The first-order valence-electron chi connectivity index (χ1n) is 6.92. The molecule has 1 atom stereocenters. The zero-order valence-corrected chi connectivity index (χ0v) is 11.4. The SMILES string of the molecule is CCCC(=O)Nc1ccc(OCC2CCCO2)cc1. The van der Waals surface area contributed by atoms with E-state index in [2.05, 4.69) is 5.32 Å². The molecule has 0 radical (unpaired) electrons. The number of amides is 1. The van der Waals surface area contributed by atoms with Gasteiger partial charge in [-0.05, 0) is 43.5 Å². The largest absolute Gasteiger partial charge is 0.491 e. The van der Waals surface area contributed by atoms with Crippen LogP contribution in [0.4, 0.5) is 5.69 Å². The summed E-state index contributed by atoms with van der Waals surface area (Å²) in [6.07, 6.45) is 3.83. The predicted octanol–water partition coefficient (Wildman–Crippen LogP) is 2.98. The molecule has 4 heteroatoms. The van der Waals surface area contributed by atoms with Crippen LogP contribution in [0.3, 0.4) is 0 Å². The first kappa shape index (κ1) is 13.9. The molecule has 0 aliphatic carbocycles. The molecule has 1 N–H and O–H groups in total. The Morgan fingerprint density at radius 3 is 2.84 bits per heavy atom. The summed E-state index contributed by atoms with van der Waals surface area (Å²) >= 11 is 0. The van der Waals surface area contributed by atoms with Gasteiger partial charge in [0.2, 0.25) is 5.91 Å². The maximum Gasteiger partial charge on any atom is 0.224 e. The third-order valence-corrected chi connectivity index (χ3v) is 3.08. The van der Waals surface area contributed by atoms with Crippen molar-refractivity contribution in [2.45, 2.75) is 38.7 Å². The van der Waals surface area contributed by atoms with Crippen LogP contribution in [0.2, 0.25) is 0 Å². The van der Waals surface area contributed by atoms with Crippen LogP contribution in [0.5, 0.6) is 5.75 Å². The van der Waals surface area contributed by atoms with Crippen molar-refractivity contribution in [3.8, 4) is 5.75 Å². The fraction of sp³-hybridized carbons (Fsp3) is 0.533. The fourth-order valence-corrected chi connectivity index (χ4v) is 2.05. The van der Waals surface area contributed by atoms with Gasteiger partial charge in [-0.3, -0.25) is 4.79 Å².